The number of carbonyl (C=O) groups is 2. The molecule has 3 rings (SSSR count). The van der Waals surface area contributed by atoms with Gasteiger partial charge in [0.25, 0.3) is 5.91 Å². The number of carbonyl (C=O) groups excluding carboxylic acids is 2. The van der Waals surface area contributed by atoms with Crippen LogP contribution in [0.4, 0.5) is 4.39 Å². The standard InChI is InChI=1S/C20H17ClFN3O3S/c1-12(28-15-8-6-13(22)7-9-15)19(27)25-24-18(26)10-14-11-29-20(23-14)16-4-2-3-5-17(16)21/h2-9,11-12H,10H2,1H3,(H,24,26)(H,25,27). The van der Waals surface area contributed by atoms with Gasteiger partial charge in [0.2, 0.25) is 5.91 Å². The number of hydrogen-bond acceptors (Lipinski definition) is 5. The third kappa shape index (κ3) is 5.75. The fraction of sp³-hybridized carbons (Fsp3) is 0.150. The van der Waals surface area contributed by atoms with Crippen molar-refractivity contribution in [3.63, 3.8) is 0 Å². The molecule has 9 heteroatoms. The van der Waals surface area contributed by atoms with E-state index in [1.165, 1.54) is 42.5 Å². The third-order valence-corrected chi connectivity index (χ3v) is 5.07. The lowest BCUT2D eigenvalue weighted by atomic mass is 10.2. The zero-order chi connectivity index (χ0) is 20.8. The first-order chi connectivity index (χ1) is 13.9. The Bertz CT molecular complexity index is 1010. The molecule has 1 aromatic heterocycles. The van der Waals surface area contributed by atoms with E-state index in [0.29, 0.717) is 21.5 Å². The van der Waals surface area contributed by atoms with Crippen molar-refractivity contribution in [1.82, 2.24) is 15.8 Å². The summed E-state index contributed by atoms with van der Waals surface area (Å²) < 4.78 is 18.3. The summed E-state index contributed by atoms with van der Waals surface area (Å²) in [5.41, 5.74) is 5.99. The molecule has 0 bridgehead atoms. The number of ether oxygens (including phenoxy) is 1. The summed E-state index contributed by atoms with van der Waals surface area (Å²) >= 11 is 7.54. The van der Waals surface area contributed by atoms with Gasteiger partial charge in [0.05, 0.1) is 17.1 Å². The van der Waals surface area contributed by atoms with Crippen LogP contribution in [0.15, 0.2) is 53.9 Å². The van der Waals surface area contributed by atoms with Crippen molar-refractivity contribution in [3.05, 3.63) is 70.4 Å². The molecule has 0 saturated carbocycles. The molecule has 0 saturated heterocycles. The molecule has 0 fully saturated rings. The van der Waals surface area contributed by atoms with Crippen LogP contribution in [-0.2, 0) is 16.0 Å². The highest BCUT2D eigenvalue weighted by atomic mass is 35.5. The van der Waals surface area contributed by atoms with Crippen molar-refractivity contribution in [2.45, 2.75) is 19.4 Å². The van der Waals surface area contributed by atoms with E-state index in [0.717, 1.165) is 5.56 Å². The summed E-state index contributed by atoms with van der Waals surface area (Å²) in [6.07, 6.45) is -0.888. The van der Waals surface area contributed by atoms with Crippen molar-refractivity contribution >= 4 is 34.8 Å². The number of thiazole rings is 1. The molecule has 2 N–H and O–H groups in total. The molecule has 6 nitrogen and oxygen atoms in total. The van der Waals surface area contributed by atoms with Crippen LogP contribution in [0.2, 0.25) is 5.02 Å². The maximum Gasteiger partial charge on any atom is 0.279 e. The lowest BCUT2D eigenvalue weighted by Gasteiger charge is -2.15. The highest BCUT2D eigenvalue weighted by molar-refractivity contribution is 7.13. The summed E-state index contributed by atoms with van der Waals surface area (Å²) in [7, 11) is 0. The molecule has 1 unspecified atom stereocenters. The van der Waals surface area contributed by atoms with Gasteiger partial charge in [-0.15, -0.1) is 11.3 Å². The monoisotopic (exact) mass is 433 g/mol. The maximum absolute atomic E-state index is 12.9. The Hall–Kier alpha value is -2.97. The van der Waals surface area contributed by atoms with Gasteiger partial charge in [0.1, 0.15) is 16.6 Å². The van der Waals surface area contributed by atoms with E-state index >= 15 is 0 Å². The fourth-order valence-electron chi connectivity index (χ4n) is 2.36. The van der Waals surface area contributed by atoms with Gasteiger partial charge in [-0.1, -0.05) is 29.8 Å². The Morgan fingerprint density at radius 3 is 2.62 bits per heavy atom. The van der Waals surface area contributed by atoms with Crippen LogP contribution in [0, 0.1) is 5.82 Å². The molecule has 1 atom stereocenters. The minimum Gasteiger partial charge on any atom is -0.481 e. The first kappa shape index (κ1) is 20.8. The average molecular weight is 434 g/mol. The molecular weight excluding hydrogens is 417 g/mol. The van der Waals surface area contributed by atoms with Crippen LogP contribution in [0.5, 0.6) is 5.75 Å². The Labute approximate surface area is 175 Å². The maximum atomic E-state index is 12.9. The number of amides is 2. The topological polar surface area (TPSA) is 80.3 Å². The SMILES string of the molecule is CC(Oc1ccc(F)cc1)C(=O)NNC(=O)Cc1csc(-c2ccccc2Cl)n1. The molecular formula is C20H17ClFN3O3S. The number of nitrogens with zero attached hydrogens (tertiary/aromatic N) is 1. The van der Waals surface area contributed by atoms with Crippen molar-refractivity contribution in [3.8, 4) is 16.3 Å². The van der Waals surface area contributed by atoms with Crippen LogP contribution < -0.4 is 15.6 Å². The average Bonchev–Trinajstić information content (AvgIpc) is 3.16. The summed E-state index contributed by atoms with van der Waals surface area (Å²) in [6, 6.07) is 12.6. The largest absolute Gasteiger partial charge is 0.481 e. The van der Waals surface area contributed by atoms with Crippen LogP contribution in [-0.4, -0.2) is 22.9 Å². The van der Waals surface area contributed by atoms with E-state index in [9.17, 15) is 14.0 Å². The number of nitrogens with one attached hydrogen (secondary N) is 2. The number of aromatic nitrogens is 1. The fourth-order valence-corrected chi connectivity index (χ4v) is 3.50. The lowest BCUT2D eigenvalue weighted by Crippen LogP contribution is -2.47. The second-order valence-electron chi connectivity index (χ2n) is 6.05. The predicted octanol–water partition coefficient (Wildman–Crippen LogP) is 3.76. The van der Waals surface area contributed by atoms with E-state index in [2.05, 4.69) is 15.8 Å². The number of hydrazine groups is 1. The number of hydrogen-bond donors (Lipinski definition) is 2. The van der Waals surface area contributed by atoms with Crippen LogP contribution >= 0.6 is 22.9 Å². The van der Waals surface area contributed by atoms with E-state index < -0.39 is 23.7 Å². The van der Waals surface area contributed by atoms with Gasteiger partial charge in [-0.05, 0) is 37.3 Å². The Kier molecular flexibility index (Phi) is 6.79. The second-order valence-corrected chi connectivity index (χ2v) is 7.32. The van der Waals surface area contributed by atoms with Gasteiger partial charge in [-0.25, -0.2) is 9.37 Å². The molecule has 0 spiro atoms. The normalized spacial score (nSPS) is 11.6. The molecule has 2 aromatic carbocycles. The highest BCUT2D eigenvalue weighted by Crippen LogP contribution is 2.30. The molecule has 0 aliphatic carbocycles. The van der Waals surface area contributed by atoms with E-state index in [-0.39, 0.29) is 6.42 Å². The zero-order valence-corrected chi connectivity index (χ0v) is 16.9. The molecule has 150 valence electrons. The summed E-state index contributed by atoms with van der Waals surface area (Å²) in [6.45, 7) is 1.52. The number of rotatable bonds is 6. The molecule has 0 aliphatic rings. The van der Waals surface area contributed by atoms with E-state index in [1.54, 1.807) is 11.4 Å². The van der Waals surface area contributed by atoms with Crippen LogP contribution in [0.3, 0.4) is 0 Å². The van der Waals surface area contributed by atoms with Crippen molar-refractivity contribution in [1.29, 1.82) is 0 Å². The predicted molar refractivity (Wildman–Crippen MR) is 109 cm³/mol. The minimum absolute atomic E-state index is 0.00552. The minimum atomic E-state index is -0.883. The van der Waals surface area contributed by atoms with Crippen molar-refractivity contribution < 1.29 is 18.7 Å². The van der Waals surface area contributed by atoms with Crippen LogP contribution in [0.1, 0.15) is 12.6 Å². The van der Waals surface area contributed by atoms with Gasteiger partial charge in [-0.3, -0.25) is 20.4 Å². The van der Waals surface area contributed by atoms with E-state index in [1.807, 2.05) is 18.2 Å². The summed E-state index contributed by atoms with van der Waals surface area (Å²) in [4.78, 5) is 28.5. The Morgan fingerprint density at radius 2 is 1.90 bits per heavy atom. The first-order valence-corrected chi connectivity index (χ1v) is 9.88. The van der Waals surface area contributed by atoms with Gasteiger partial charge in [0.15, 0.2) is 6.10 Å². The molecule has 3 aromatic rings. The van der Waals surface area contributed by atoms with Crippen molar-refractivity contribution in [2.24, 2.45) is 0 Å². The summed E-state index contributed by atoms with van der Waals surface area (Å²) in [5.74, 6) is -1.03. The molecule has 29 heavy (non-hydrogen) atoms. The van der Waals surface area contributed by atoms with Gasteiger partial charge < -0.3 is 4.74 Å². The van der Waals surface area contributed by atoms with Gasteiger partial charge >= 0.3 is 0 Å². The van der Waals surface area contributed by atoms with Crippen LogP contribution in [0.25, 0.3) is 10.6 Å². The number of benzene rings is 2. The highest BCUT2D eigenvalue weighted by Gasteiger charge is 2.16. The molecule has 0 radical (unpaired) electrons. The van der Waals surface area contributed by atoms with E-state index in [4.69, 9.17) is 16.3 Å². The van der Waals surface area contributed by atoms with Gasteiger partial charge in [0, 0.05) is 10.9 Å². The third-order valence-electron chi connectivity index (χ3n) is 3.82. The Morgan fingerprint density at radius 1 is 1.17 bits per heavy atom. The first-order valence-electron chi connectivity index (χ1n) is 8.62. The Balaban J connectivity index is 1.49. The van der Waals surface area contributed by atoms with Gasteiger partial charge in [-0.2, -0.15) is 0 Å². The number of halogens is 2. The van der Waals surface area contributed by atoms with Crippen molar-refractivity contribution in [2.75, 3.05) is 0 Å². The quantitative estimate of drug-likeness (QED) is 0.580. The second kappa shape index (κ2) is 9.49. The summed E-state index contributed by atoms with van der Waals surface area (Å²) in [5, 5.41) is 3.06. The molecule has 2 amide bonds. The lowest BCUT2D eigenvalue weighted by molar-refractivity contribution is -0.132. The zero-order valence-electron chi connectivity index (χ0n) is 15.3. The molecule has 0 aliphatic heterocycles. The smallest absolute Gasteiger partial charge is 0.279 e. The molecule has 1 heterocycles.